The maximum atomic E-state index is 12.2. The summed E-state index contributed by atoms with van der Waals surface area (Å²) in [6.45, 7) is 3.04. The van der Waals surface area contributed by atoms with E-state index in [1.165, 1.54) is 25.7 Å². The van der Waals surface area contributed by atoms with Crippen molar-refractivity contribution in [2.24, 2.45) is 11.8 Å². The molecule has 0 aromatic heterocycles. The highest BCUT2D eigenvalue weighted by molar-refractivity contribution is 5.97. The average Bonchev–Trinajstić information content (AvgIpc) is 2.46. The molecule has 0 aliphatic heterocycles. The molecule has 1 amide bonds. The van der Waals surface area contributed by atoms with Crippen LogP contribution in [0, 0.1) is 11.8 Å². The number of hydrogen-bond acceptors (Lipinski definition) is 3. The third-order valence-corrected chi connectivity index (χ3v) is 4.15. The van der Waals surface area contributed by atoms with Gasteiger partial charge in [-0.2, -0.15) is 0 Å². The Kier molecular flexibility index (Phi) is 4.88. The number of carbonyl (C=O) groups is 1. The third kappa shape index (κ3) is 3.65. The van der Waals surface area contributed by atoms with E-state index in [0.29, 0.717) is 22.9 Å². The summed E-state index contributed by atoms with van der Waals surface area (Å²) < 4.78 is 5.21. The Morgan fingerprint density at radius 1 is 1.35 bits per heavy atom. The molecule has 4 heteroatoms. The zero-order valence-electron chi connectivity index (χ0n) is 12.3. The number of ether oxygens (including phenoxy) is 1. The van der Waals surface area contributed by atoms with Gasteiger partial charge < -0.3 is 15.8 Å². The van der Waals surface area contributed by atoms with E-state index in [2.05, 4.69) is 12.2 Å². The fourth-order valence-electron chi connectivity index (χ4n) is 2.77. The lowest BCUT2D eigenvalue weighted by molar-refractivity contribution is 0.0939. The highest BCUT2D eigenvalue weighted by atomic mass is 16.5. The van der Waals surface area contributed by atoms with Gasteiger partial charge in [-0.3, -0.25) is 4.79 Å². The fourth-order valence-corrected chi connectivity index (χ4v) is 2.77. The van der Waals surface area contributed by atoms with Gasteiger partial charge in [-0.25, -0.2) is 0 Å². The summed E-state index contributed by atoms with van der Waals surface area (Å²) in [5.74, 6) is 1.89. The molecule has 0 unspecified atom stereocenters. The summed E-state index contributed by atoms with van der Waals surface area (Å²) >= 11 is 0. The van der Waals surface area contributed by atoms with Crippen molar-refractivity contribution >= 4 is 11.6 Å². The SMILES string of the molecule is COc1ccc(N)cc1C(=O)NCC1CCC(C)CC1. The predicted octanol–water partition coefficient (Wildman–Crippen LogP) is 2.83. The largest absolute Gasteiger partial charge is 0.496 e. The van der Waals surface area contributed by atoms with Crippen LogP contribution < -0.4 is 15.8 Å². The normalized spacial score (nSPS) is 22.3. The first-order valence-electron chi connectivity index (χ1n) is 7.32. The second-order valence-electron chi connectivity index (χ2n) is 5.80. The van der Waals surface area contributed by atoms with E-state index in [1.54, 1.807) is 25.3 Å². The van der Waals surface area contributed by atoms with Gasteiger partial charge in [-0.05, 0) is 42.9 Å². The summed E-state index contributed by atoms with van der Waals surface area (Å²) in [6.07, 6.45) is 4.94. The van der Waals surface area contributed by atoms with Gasteiger partial charge in [-0.1, -0.05) is 19.8 Å². The second-order valence-corrected chi connectivity index (χ2v) is 5.80. The molecule has 3 N–H and O–H groups in total. The lowest BCUT2D eigenvalue weighted by Crippen LogP contribution is -2.31. The van der Waals surface area contributed by atoms with Crippen molar-refractivity contribution in [1.29, 1.82) is 0 Å². The average molecular weight is 276 g/mol. The summed E-state index contributed by atoms with van der Waals surface area (Å²) in [5, 5.41) is 3.01. The van der Waals surface area contributed by atoms with Gasteiger partial charge in [0.15, 0.2) is 0 Å². The molecule has 2 rings (SSSR count). The number of nitrogens with one attached hydrogen (secondary N) is 1. The number of hydrogen-bond donors (Lipinski definition) is 2. The minimum atomic E-state index is -0.104. The van der Waals surface area contributed by atoms with Crippen molar-refractivity contribution in [2.45, 2.75) is 32.6 Å². The van der Waals surface area contributed by atoms with Crippen LogP contribution in [0.1, 0.15) is 43.0 Å². The number of rotatable bonds is 4. The molecule has 0 radical (unpaired) electrons. The molecular formula is C16H24N2O2. The van der Waals surface area contributed by atoms with Crippen LogP contribution in [0.5, 0.6) is 5.75 Å². The minimum absolute atomic E-state index is 0.104. The highest BCUT2D eigenvalue weighted by Gasteiger charge is 2.19. The van der Waals surface area contributed by atoms with Gasteiger partial charge in [0.05, 0.1) is 12.7 Å². The fraction of sp³-hybridized carbons (Fsp3) is 0.562. The molecule has 1 aliphatic carbocycles. The van der Waals surface area contributed by atoms with Crippen LogP contribution in [0.15, 0.2) is 18.2 Å². The number of nitrogen functional groups attached to an aromatic ring is 1. The highest BCUT2D eigenvalue weighted by Crippen LogP contribution is 2.28. The molecule has 110 valence electrons. The number of methoxy groups -OCH3 is 1. The first-order chi connectivity index (χ1) is 9.60. The van der Waals surface area contributed by atoms with Crippen LogP contribution in [0.3, 0.4) is 0 Å². The Morgan fingerprint density at radius 2 is 2.05 bits per heavy atom. The molecular weight excluding hydrogens is 252 g/mol. The van der Waals surface area contributed by atoms with Crippen LogP contribution in [-0.4, -0.2) is 19.6 Å². The number of anilines is 1. The topological polar surface area (TPSA) is 64.3 Å². The van der Waals surface area contributed by atoms with E-state index in [-0.39, 0.29) is 5.91 Å². The molecule has 20 heavy (non-hydrogen) atoms. The van der Waals surface area contributed by atoms with Crippen LogP contribution in [0.2, 0.25) is 0 Å². The zero-order chi connectivity index (χ0) is 14.5. The molecule has 1 saturated carbocycles. The monoisotopic (exact) mass is 276 g/mol. The van der Waals surface area contributed by atoms with Crippen molar-refractivity contribution in [3.8, 4) is 5.75 Å². The summed E-state index contributed by atoms with van der Waals surface area (Å²) in [5.41, 5.74) is 6.82. The summed E-state index contributed by atoms with van der Waals surface area (Å²) in [7, 11) is 1.56. The molecule has 0 atom stereocenters. The Balaban J connectivity index is 1.93. The maximum Gasteiger partial charge on any atom is 0.255 e. The van der Waals surface area contributed by atoms with Gasteiger partial charge in [0, 0.05) is 12.2 Å². The van der Waals surface area contributed by atoms with Crippen molar-refractivity contribution in [3.05, 3.63) is 23.8 Å². The molecule has 4 nitrogen and oxygen atoms in total. The van der Waals surface area contributed by atoms with E-state index in [9.17, 15) is 4.79 Å². The maximum absolute atomic E-state index is 12.2. The van der Waals surface area contributed by atoms with Crippen molar-refractivity contribution in [2.75, 3.05) is 19.4 Å². The number of nitrogens with two attached hydrogens (primary N) is 1. The number of amides is 1. The molecule has 0 saturated heterocycles. The molecule has 1 aromatic rings. The van der Waals surface area contributed by atoms with Gasteiger partial charge in [0.2, 0.25) is 0 Å². The van der Waals surface area contributed by atoms with Crippen LogP contribution >= 0.6 is 0 Å². The zero-order valence-corrected chi connectivity index (χ0v) is 12.3. The van der Waals surface area contributed by atoms with Crippen LogP contribution in [0.4, 0.5) is 5.69 Å². The number of benzene rings is 1. The van der Waals surface area contributed by atoms with E-state index in [0.717, 1.165) is 12.5 Å². The Labute approximate surface area is 120 Å². The molecule has 0 spiro atoms. The van der Waals surface area contributed by atoms with Crippen LogP contribution in [-0.2, 0) is 0 Å². The van der Waals surface area contributed by atoms with Crippen molar-refractivity contribution in [3.63, 3.8) is 0 Å². The first-order valence-corrected chi connectivity index (χ1v) is 7.32. The summed E-state index contributed by atoms with van der Waals surface area (Å²) in [4.78, 5) is 12.2. The minimum Gasteiger partial charge on any atom is -0.496 e. The number of carbonyl (C=O) groups excluding carboxylic acids is 1. The first kappa shape index (κ1) is 14.7. The lowest BCUT2D eigenvalue weighted by atomic mass is 9.83. The molecule has 1 aromatic carbocycles. The van der Waals surface area contributed by atoms with Crippen molar-refractivity contribution in [1.82, 2.24) is 5.32 Å². The Bertz CT molecular complexity index is 466. The van der Waals surface area contributed by atoms with E-state index in [4.69, 9.17) is 10.5 Å². The second kappa shape index (κ2) is 6.64. The third-order valence-electron chi connectivity index (χ3n) is 4.15. The standard InChI is InChI=1S/C16H24N2O2/c1-11-3-5-12(6-4-11)10-18-16(19)14-9-13(17)7-8-15(14)20-2/h7-9,11-12H,3-6,10,17H2,1-2H3,(H,18,19). The molecule has 0 bridgehead atoms. The Morgan fingerprint density at radius 3 is 2.70 bits per heavy atom. The van der Waals surface area contributed by atoms with Gasteiger partial charge in [0.1, 0.15) is 5.75 Å². The van der Waals surface area contributed by atoms with E-state index < -0.39 is 0 Å². The van der Waals surface area contributed by atoms with Crippen molar-refractivity contribution < 1.29 is 9.53 Å². The lowest BCUT2D eigenvalue weighted by Gasteiger charge is -2.26. The smallest absolute Gasteiger partial charge is 0.255 e. The molecule has 1 aliphatic rings. The van der Waals surface area contributed by atoms with E-state index in [1.807, 2.05) is 0 Å². The van der Waals surface area contributed by atoms with E-state index >= 15 is 0 Å². The quantitative estimate of drug-likeness (QED) is 0.831. The molecule has 0 heterocycles. The molecule has 1 fully saturated rings. The van der Waals surface area contributed by atoms with Gasteiger partial charge in [0.25, 0.3) is 5.91 Å². The van der Waals surface area contributed by atoms with Gasteiger partial charge in [-0.15, -0.1) is 0 Å². The predicted molar refractivity (Wildman–Crippen MR) is 80.9 cm³/mol. The van der Waals surface area contributed by atoms with Crippen LogP contribution in [0.25, 0.3) is 0 Å². The van der Waals surface area contributed by atoms with Gasteiger partial charge >= 0.3 is 0 Å². The summed E-state index contributed by atoms with van der Waals surface area (Å²) in [6, 6.07) is 5.13. The Hall–Kier alpha value is -1.71.